The lowest BCUT2D eigenvalue weighted by Gasteiger charge is -2.46. The van der Waals surface area contributed by atoms with Gasteiger partial charge < -0.3 is 14.7 Å². The number of hydrogen-bond donors (Lipinski definition) is 1. The summed E-state index contributed by atoms with van der Waals surface area (Å²) in [7, 11) is 4.31. The number of piperazine rings is 1. The van der Waals surface area contributed by atoms with Crippen LogP contribution in [0.2, 0.25) is 0 Å². The average Bonchev–Trinajstić information content (AvgIpc) is 2.88. The zero-order valence-corrected chi connectivity index (χ0v) is 13.6. The Bertz CT molecular complexity index is 336. The van der Waals surface area contributed by atoms with Crippen molar-refractivity contribution in [2.75, 3.05) is 51.8 Å². The Morgan fingerprint density at radius 2 is 2.20 bits per heavy atom. The van der Waals surface area contributed by atoms with Gasteiger partial charge in [0.25, 0.3) is 0 Å². The number of hydrogen-bond acceptors (Lipinski definition) is 5. The third kappa shape index (κ3) is 3.02. The van der Waals surface area contributed by atoms with Gasteiger partial charge in [-0.05, 0) is 45.0 Å². The molecule has 4 atom stereocenters. The first-order valence-corrected chi connectivity index (χ1v) is 9.04. The van der Waals surface area contributed by atoms with E-state index in [2.05, 4.69) is 23.9 Å². The van der Waals surface area contributed by atoms with Crippen molar-refractivity contribution in [3.8, 4) is 0 Å². The van der Waals surface area contributed by atoms with Gasteiger partial charge in [0.2, 0.25) is 0 Å². The Hall–Kier alpha value is 0.190. The second kappa shape index (κ2) is 6.13. The van der Waals surface area contributed by atoms with Crippen LogP contribution in [0.3, 0.4) is 0 Å². The molecule has 0 radical (unpaired) electrons. The number of thioether (sulfide) groups is 1. The van der Waals surface area contributed by atoms with Gasteiger partial charge in [-0.3, -0.25) is 4.90 Å². The van der Waals surface area contributed by atoms with E-state index in [0.29, 0.717) is 5.92 Å². The summed E-state index contributed by atoms with van der Waals surface area (Å²) in [6.45, 7) is 3.97. The molecular formula is C15H28N2O2S. The number of rotatable bonds is 2. The highest BCUT2D eigenvalue weighted by Gasteiger charge is 2.44. The highest BCUT2D eigenvalue weighted by molar-refractivity contribution is 7.99. The van der Waals surface area contributed by atoms with E-state index in [-0.39, 0.29) is 17.7 Å². The van der Waals surface area contributed by atoms with Gasteiger partial charge in [0.15, 0.2) is 0 Å². The van der Waals surface area contributed by atoms with E-state index in [9.17, 15) is 5.11 Å². The van der Waals surface area contributed by atoms with Crippen LogP contribution in [0.25, 0.3) is 0 Å². The van der Waals surface area contributed by atoms with Crippen LogP contribution < -0.4 is 0 Å². The van der Waals surface area contributed by atoms with Crippen LogP contribution in [0.15, 0.2) is 0 Å². The third-order valence-corrected chi connectivity index (χ3v) is 6.60. The lowest BCUT2D eigenvalue weighted by Crippen LogP contribution is -2.58. The van der Waals surface area contributed by atoms with Crippen LogP contribution in [0.1, 0.15) is 19.3 Å². The van der Waals surface area contributed by atoms with Gasteiger partial charge >= 0.3 is 0 Å². The van der Waals surface area contributed by atoms with Gasteiger partial charge in [-0.25, -0.2) is 0 Å². The van der Waals surface area contributed by atoms with E-state index in [4.69, 9.17) is 4.74 Å². The largest absolute Gasteiger partial charge is 0.391 e. The lowest BCUT2D eigenvalue weighted by molar-refractivity contribution is -0.116. The maximum absolute atomic E-state index is 10.9. The van der Waals surface area contributed by atoms with Gasteiger partial charge in [-0.1, -0.05) is 0 Å². The molecule has 1 N–H and O–H groups in total. The molecule has 1 spiro atoms. The predicted octanol–water partition coefficient (Wildman–Crippen LogP) is 0.895. The summed E-state index contributed by atoms with van der Waals surface area (Å²) in [4.78, 5) is 4.69. The topological polar surface area (TPSA) is 35.9 Å². The Labute approximate surface area is 126 Å². The molecule has 0 aromatic carbocycles. The molecule has 3 aliphatic rings. The molecule has 3 heterocycles. The van der Waals surface area contributed by atoms with E-state index in [1.165, 1.54) is 12.2 Å². The first-order chi connectivity index (χ1) is 9.60. The summed E-state index contributed by atoms with van der Waals surface area (Å²) in [5.74, 6) is 2.74. The Morgan fingerprint density at radius 3 is 2.95 bits per heavy atom. The summed E-state index contributed by atoms with van der Waals surface area (Å²) in [6.07, 6.45) is 3.02. The monoisotopic (exact) mass is 300 g/mol. The van der Waals surface area contributed by atoms with Crippen LogP contribution in [-0.2, 0) is 4.74 Å². The normalized spacial score (nSPS) is 42.1. The predicted molar refractivity (Wildman–Crippen MR) is 83.3 cm³/mol. The smallest absolute Gasteiger partial charge is 0.0783 e. The van der Waals surface area contributed by atoms with Crippen molar-refractivity contribution in [1.82, 2.24) is 9.80 Å². The summed E-state index contributed by atoms with van der Waals surface area (Å²) in [6, 6.07) is 0.281. The van der Waals surface area contributed by atoms with E-state index >= 15 is 0 Å². The molecule has 3 fully saturated rings. The number of aliphatic hydroxyl groups is 1. The fourth-order valence-electron chi connectivity index (χ4n) is 3.95. The molecule has 0 aromatic rings. The second-order valence-electron chi connectivity index (χ2n) is 6.89. The van der Waals surface area contributed by atoms with Crippen molar-refractivity contribution in [2.45, 2.75) is 37.0 Å². The highest BCUT2D eigenvalue weighted by Crippen LogP contribution is 2.42. The lowest BCUT2D eigenvalue weighted by atomic mass is 9.79. The molecule has 0 bridgehead atoms. The number of ether oxygens (including phenoxy) is 1. The van der Waals surface area contributed by atoms with Gasteiger partial charge in [-0.15, -0.1) is 0 Å². The van der Waals surface area contributed by atoms with Gasteiger partial charge in [0.05, 0.1) is 11.7 Å². The van der Waals surface area contributed by atoms with E-state index in [0.717, 1.165) is 44.8 Å². The summed E-state index contributed by atoms with van der Waals surface area (Å²) >= 11 is 2.00. The molecular weight excluding hydrogens is 272 g/mol. The molecule has 3 saturated heterocycles. The maximum Gasteiger partial charge on any atom is 0.0783 e. The first kappa shape index (κ1) is 15.1. The van der Waals surface area contributed by atoms with Crippen molar-refractivity contribution in [2.24, 2.45) is 5.92 Å². The fourth-order valence-corrected chi connectivity index (χ4v) is 5.33. The highest BCUT2D eigenvalue weighted by atomic mass is 32.2. The quantitative estimate of drug-likeness (QED) is 0.820. The standard InChI is InChI=1S/C15H28N2O2S/c1-16-5-6-17(2)13(10-16)14(18)12-3-7-19-15(9-12)4-8-20-11-15/h12-14,18H,3-11H2,1-2H3. The van der Waals surface area contributed by atoms with Crippen molar-refractivity contribution in [3.63, 3.8) is 0 Å². The molecule has 5 heteroatoms. The Morgan fingerprint density at radius 1 is 1.35 bits per heavy atom. The number of aliphatic hydroxyl groups excluding tert-OH is 1. The number of likely N-dealkylation sites (N-methyl/N-ethyl adjacent to an activating group) is 2. The van der Waals surface area contributed by atoms with Crippen molar-refractivity contribution >= 4 is 11.8 Å². The van der Waals surface area contributed by atoms with Gasteiger partial charge in [0.1, 0.15) is 0 Å². The molecule has 3 aliphatic heterocycles. The van der Waals surface area contributed by atoms with Crippen LogP contribution in [0.5, 0.6) is 0 Å². The molecule has 20 heavy (non-hydrogen) atoms. The fraction of sp³-hybridized carbons (Fsp3) is 1.00. The molecule has 4 nitrogen and oxygen atoms in total. The van der Waals surface area contributed by atoms with Crippen LogP contribution in [0, 0.1) is 5.92 Å². The third-order valence-electron chi connectivity index (χ3n) is 5.37. The molecule has 0 amide bonds. The van der Waals surface area contributed by atoms with Crippen LogP contribution in [-0.4, -0.2) is 84.5 Å². The van der Waals surface area contributed by atoms with E-state index in [1.807, 2.05) is 11.8 Å². The summed E-state index contributed by atoms with van der Waals surface area (Å²) < 4.78 is 6.09. The molecule has 0 aliphatic carbocycles. The zero-order valence-electron chi connectivity index (χ0n) is 12.8. The number of nitrogens with zero attached hydrogens (tertiary/aromatic N) is 2. The molecule has 0 saturated carbocycles. The van der Waals surface area contributed by atoms with E-state index < -0.39 is 0 Å². The molecule has 0 aromatic heterocycles. The molecule has 116 valence electrons. The molecule has 4 unspecified atom stereocenters. The summed E-state index contributed by atoms with van der Waals surface area (Å²) in [5.41, 5.74) is 0.0771. The Kier molecular flexibility index (Phi) is 4.63. The summed E-state index contributed by atoms with van der Waals surface area (Å²) in [5, 5.41) is 10.9. The minimum absolute atomic E-state index is 0.0771. The minimum atomic E-state index is -0.214. The second-order valence-corrected chi connectivity index (χ2v) is 7.99. The van der Waals surface area contributed by atoms with Crippen molar-refractivity contribution < 1.29 is 9.84 Å². The van der Waals surface area contributed by atoms with Gasteiger partial charge in [0, 0.05) is 38.0 Å². The first-order valence-electron chi connectivity index (χ1n) is 7.88. The SMILES string of the molecule is CN1CCN(C)C(C(O)C2CCOC3(CCSC3)C2)C1. The van der Waals surface area contributed by atoms with Crippen LogP contribution >= 0.6 is 11.8 Å². The Balaban J connectivity index is 1.65. The van der Waals surface area contributed by atoms with Crippen LogP contribution in [0.4, 0.5) is 0 Å². The average molecular weight is 300 g/mol. The minimum Gasteiger partial charge on any atom is -0.391 e. The zero-order chi connectivity index (χ0) is 14.2. The maximum atomic E-state index is 10.9. The molecule has 3 rings (SSSR count). The van der Waals surface area contributed by atoms with Crippen molar-refractivity contribution in [3.05, 3.63) is 0 Å². The van der Waals surface area contributed by atoms with Gasteiger partial charge in [-0.2, -0.15) is 11.8 Å². The van der Waals surface area contributed by atoms with E-state index in [1.54, 1.807) is 0 Å². The van der Waals surface area contributed by atoms with Crippen molar-refractivity contribution in [1.29, 1.82) is 0 Å².